The molecule has 0 spiro atoms. The van der Waals surface area contributed by atoms with Gasteiger partial charge in [-0.05, 0) is 31.5 Å². The van der Waals surface area contributed by atoms with Crippen molar-refractivity contribution in [1.29, 1.82) is 5.26 Å². The number of amides is 1. The second-order valence-electron chi connectivity index (χ2n) is 7.46. The summed E-state index contributed by atoms with van der Waals surface area (Å²) in [6, 6.07) is 12.6. The largest absolute Gasteiger partial charge is 0.340 e. The number of nitrogens with zero attached hydrogens (tertiary/aromatic N) is 4. The Morgan fingerprint density at radius 1 is 1.04 bits per heavy atom. The summed E-state index contributed by atoms with van der Waals surface area (Å²) in [6.07, 6.45) is 6.83. The summed E-state index contributed by atoms with van der Waals surface area (Å²) in [6.45, 7) is 7.25. The standard InChI is InChI=1S/C22H30N4O/c23-11-5-13-24-14-9-21(10-15-24)22(27)26-18-16-25(17-19-26)12-4-8-20-6-2-1-3-7-20/h1-4,6-8,21H,5,9-10,12-19H2/b8-4+. The maximum atomic E-state index is 12.8. The fraction of sp³-hybridized carbons (Fsp3) is 0.545. The van der Waals surface area contributed by atoms with Gasteiger partial charge in [-0.25, -0.2) is 0 Å². The van der Waals surface area contributed by atoms with E-state index in [0.717, 1.165) is 65.2 Å². The average Bonchev–Trinajstić information content (AvgIpc) is 2.73. The Balaban J connectivity index is 1.37. The molecule has 0 N–H and O–H groups in total. The predicted octanol–water partition coefficient (Wildman–Crippen LogP) is 2.47. The molecule has 2 aliphatic rings. The molecule has 0 unspecified atom stereocenters. The first-order chi connectivity index (χ1) is 13.3. The molecule has 2 saturated heterocycles. The van der Waals surface area contributed by atoms with Gasteiger partial charge in [0.25, 0.3) is 0 Å². The Bertz CT molecular complexity index is 651. The molecule has 1 aromatic rings. The normalized spacial score (nSPS) is 20.0. The molecular weight excluding hydrogens is 336 g/mol. The van der Waals surface area contributed by atoms with Crippen molar-refractivity contribution in [2.75, 3.05) is 52.4 Å². The van der Waals surface area contributed by atoms with Crippen LogP contribution in [-0.4, -0.2) is 73.0 Å². The number of rotatable bonds is 6. The molecule has 0 aromatic heterocycles. The van der Waals surface area contributed by atoms with Crippen molar-refractivity contribution < 1.29 is 4.79 Å². The third-order valence-corrected chi connectivity index (χ3v) is 5.63. The predicted molar refractivity (Wildman–Crippen MR) is 108 cm³/mol. The van der Waals surface area contributed by atoms with Crippen molar-refractivity contribution in [2.45, 2.75) is 19.3 Å². The summed E-state index contributed by atoms with van der Waals surface area (Å²) >= 11 is 0. The van der Waals surface area contributed by atoms with Crippen LogP contribution in [0, 0.1) is 17.2 Å². The summed E-state index contributed by atoms with van der Waals surface area (Å²) in [5.41, 5.74) is 1.23. The number of carbonyl (C=O) groups excluding carboxylic acids is 1. The van der Waals surface area contributed by atoms with Crippen LogP contribution in [0.25, 0.3) is 6.08 Å². The van der Waals surface area contributed by atoms with Gasteiger partial charge in [0, 0.05) is 51.6 Å². The molecule has 0 saturated carbocycles. The average molecular weight is 367 g/mol. The van der Waals surface area contributed by atoms with E-state index in [2.05, 4.69) is 57.2 Å². The Labute approximate surface area is 162 Å². The summed E-state index contributed by atoms with van der Waals surface area (Å²) in [5, 5.41) is 8.70. The number of carbonyl (C=O) groups is 1. The molecule has 0 atom stereocenters. The van der Waals surface area contributed by atoms with Crippen LogP contribution in [-0.2, 0) is 4.79 Å². The number of piperazine rings is 1. The zero-order valence-electron chi connectivity index (χ0n) is 16.1. The van der Waals surface area contributed by atoms with Gasteiger partial charge in [-0.3, -0.25) is 9.69 Å². The second kappa shape index (κ2) is 10.2. The van der Waals surface area contributed by atoms with Gasteiger partial charge in [0.1, 0.15) is 0 Å². The maximum absolute atomic E-state index is 12.8. The Hall–Kier alpha value is -2.16. The minimum Gasteiger partial charge on any atom is -0.340 e. The van der Waals surface area contributed by atoms with Crippen LogP contribution in [0.2, 0.25) is 0 Å². The van der Waals surface area contributed by atoms with Crippen LogP contribution >= 0.6 is 0 Å². The van der Waals surface area contributed by atoms with Gasteiger partial charge in [-0.2, -0.15) is 5.26 Å². The zero-order valence-corrected chi connectivity index (χ0v) is 16.1. The lowest BCUT2D eigenvalue weighted by atomic mass is 9.95. The van der Waals surface area contributed by atoms with Crippen LogP contribution < -0.4 is 0 Å². The van der Waals surface area contributed by atoms with Gasteiger partial charge >= 0.3 is 0 Å². The fourth-order valence-electron chi connectivity index (χ4n) is 3.92. The molecule has 1 amide bonds. The van der Waals surface area contributed by atoms with Crippen molar-refractivity contribution in [2.24, 2.45) is 5.92 Å². The molecule has 5 heteroatoms. The molecule has 2 fully saturated rings. The topological polar surface area (TPSA) is 50.6 Å². The van der Waals surface area contributed by atoms with Crippen molar-refractivity contribution in [3.8, 4) is 6.07 Å². The lowest BCUT2D eigenvalue weighted by Crippen LogP contribution is -2.51. The van der Waals surface area contributed by atoms with Crippen LogP contribution in [0.1, 0.15) is 24.8 Å². The van der Waals surface area contributed by atoms with Gasteiger partial charge in [0.2, 0.25) is 5.91 Å². The third kappa shape index (κ3) is 5.92. The molecule has 0 aliphatic carbocycles. The highest BCUT2D eigenvalue weighted by atomic mass is 16.2. The highest BCUT2D eigenvalue weighted by molar-refractivity contribution is 5.79. The number of likely N-dealkylation sites (tertiary alicyclic amines) is 1. The number of hydrogen-bond acceptors (Lipinski definition) is 4. The minimum absolute atomic E-state index is 0.174. The van der Waals surface area contributed by atoms with E-state index in [0.29, 0.717) is 12.3 Å². The van der Waals surface area contributed by atoms with Gasteiger partial charge < -0.3 is 9.80 Å². The van der Waals surface area contributed by atoms with Gasteiger partial charge in [0.05, 0.1) is 6.07 Å². The lowest BCUT2D eigenvalue weighted by Gasteiger charge is -2.38. The van der Waals surface area contributed by atoms with Crippen molar-refractivity contribution in [3.63, 3.8) is 0 Å². The van der Waals surface area contributed by atoms with E-state index in [1.807, 2.05) is 6.07 Å². The van der Waals surface area contributed by atoms with E-state index in [1.54, 1.807) is 0 Å². The molecule has 5 nitrogen and oxygen atoms in total. The quantitative estimate of drug-likeness (QED) is 0.776. The first-order valence-corrected chi connectivity index (χ1v) is 10.1. The monoisotopic (exact) mass is 366 g/mol. The summed E-state index contributed by atoms with van der Waals surface area (Å²) in [5.74, 6) is 0.516. The van der Waals surface area contributed by atoms with Crippen molar-refractivity contribution in [1.82, 2.24) is 14.7 Å². The van der Waals surface area contributed by atoms with Gasteiger partial charge in [0.15, 0.2) is 0 Å². The Kier molecular flexibility index (Phi) is 7.44. The first-order valence-electron chi connectivity index (χ1n) is 10.1. The number of piperidine rings is 1. The number of nitriles is 1. The molecule has 0 radical (unpaired) electrons. The summed E-state index contributed by atoms with van der Waals surface area (Å²) in [7, 11) is 0. The molecule has 144 valence electrons. The number of hydrogen-bond donors (Lipinski definition) is 0. The lowest BCUT2D eigenvalue weighted by molar-refractivity contribution is -0.138. The SMILES string of the molecule is N#CCCN1CCC(C(=O)N2CCN(C/C=C/c3ccccc3)CC2)CC1. The van der Waals surface area contributed by atoms with Gasteiger partial charge in [-0.1, -0.05) is 42.5 Å². The Morgan fingerprint density at radius 3 is 2.41 bits per heavy atom. The highest BCUT2D eigenvalue weighted by Crippen LogP contribution is 2.20. The van der Waals surface area contributed by atoms with E-state index in [4.69, 9.17) is 5.26 Å². The molecular formula is C22H30N4O. The van der Waals surface area contributed by atoms with E-state index < -0.39 is 0 Å². The van der Waals surface area contributed by atoms with Crippen LogP contribution in [0.4, 0.5) is 0 Å². The number of benzene rings is 1. The molecule has 27 heavy (non-hydrogen) atoms. The van der Waals surface area contributed by atoms with Gasteiger partial charge in [-0.15, -0.1) is 0 Å². The summed E-state index contributed by atoms with van der Waals surface area (Å²) in [4.78, 5) is 19.6. The smallest absolute Gasteiger partial charge is 0.225 e. The molecule has 2 aliphatic heterocycles. The fourth-order valence-corrected chi connectivity index (χ4v) is 3.92. The first kappa shape index (κ1) is 19.6. The van der Waals surface area contributed by atoms with Crippen LogP contribution in [0.5, 0.6) is 0 Å². The molecule has 2 heterocycles. The van der Waals surface area contributed by atoms with Crippen molar-refractivity contribution >= 4 is 12.0 Å². The minimum atomic E-state index is 0.174. The molecule has 1 aromatic carbocycles. The zero-order chi connectivity index (χ0) is 18.9. The van der Waals surface area contributed by atoms with E-state index in [-0.39, 0.29) is 5.92 Å². The highest BCUT2D eigenvalue weighted by Gasteiger charge is 2.30. The maximum Gasteiger partial charge on any atom is 0.225 e. The molecule has 3 rings (SSSR count). The third-order valence-electron chi connectivity index (χ3n) is 5.63. The van der Waals surface area contributed by atoms with Crippen LogP contribution in [0.3, 0.4) is 0 Å². The molecule has 0 bridgehead atoms. The van der Waals surface area contributed by atoms with E-state index in [9.17, 15) is 4.79 Å². The summed E-state index contributed by atoms with van der Waals surface area (Å²) < 4.78 is 0. The van der Waals surface area contributed by atoms with E-state index >= 15 is 0 Å². The van der Waals surface area contributed by atoms with Crippen molar-refractivity contribution in [3.05, 3.63) is 42.0 Å². The van der Waals surface area contributed by atoms with E-state index in [1.165, 1.54) is 5.56 Å². The van der Waals surface area contributed by atoms with Crippen LogP contribution in [0.15, 0.2) is 36.4 Å². The Morgan fingerprint density at radius 2 is 1.74 bits per heavy atom. The second-order valence-corrected chi connectivity index (χ2v) is 7.46.